The second-order valence-electron chi connectivity index (χ2n) is 5.21. The molecular weight excluding hydrogens is 295 g/mol. The standard InChI is InChI=1S/C13H23O5PSi/c1-15-19(14,16-2)13(18-20(3,4)5)11-17-12-9-7-6-8-10-12/h6-10,13H,11H2,1-5H3. The van der Waals surface area contributed by atoms with Crippen LogP contribution in [0.3, 0.4) is 0 Å². The van der Waals surface area contributed by atoms with Crippen LogP contribution in [0.2, 0.25) is 19.6 Å². The van der Waals surface area contributed by atoms with Crippen LogP contribution in [-0.2, 0) is 18.0 Å². The summed E-state index contributed by atoms with van der Waals surface area (Å²) < 4.78 is 34.1. The van der Waals surface area contributed by atoms with Gasteiger partial charge in [0.15, 0.2) is 14.2 Å². The van der Waals surface area contributed by atoms with Gasteiger partial charge in [-0.2, -0.15) is 0 Å². The van der Waals surface area contributed by atoms with Gasteiger partial charge in [0.25, 0.3) is 0 Å². The van der Waals surface area contributed by atoms with Crippen LogP contribution in [0.4, 0.5) is 0 Å². The molecule has 0 heterocycles. The number of hydrogen-bond donors (Lipinski definition) is 0. The Labute approximate surface area is 121 Å². The Bertz CT molecular complexity index is 438. The van der Waals surface area contributed by atoms with Crippen LogP contribution in [0.1, 0.15) is 0 Å². The minimum atomic E-state index is -3.34. The second-order valence-corrected chi connectivity index (χ2v) is 12.1. The first-order valence-electron chi connectivity index (χ1n) is 6.37. The third-order valence-electron chi connectivity index (χ3n) is 2.49. The monoisotopic (exact) mass is 318 g/mol. The summed E-state index contributed by atoms with van der Waals surface area (Å²) in [4.78, 5) is 0. The van der Waals surface area contributed by atoms with Crippen molar-refractivity contribution in [2.45, 2.75) is 25.5 Å². The highest BCUT2D eigenvalue weighted by atomic mass is 31.2. The fourth-order valence-electron chi connectivity index (χ4n) is 1.59. The number of rotatable bonds is 8. The zero-order valence-corrected chi connectivity index (χ0v) is 14.6. The average molecular weight is 318 g/mol. The first kappa shape index (κ1) is 17.4. The quantitative estimate of drug-likeness (QED) is 0.540. The van der Waals surface area contributed by atoms with Gasteiger partial charge >= 0.3 is 7.60 Å². The lowest BCUT2D eigenvalue weighted by atomic mass is 10.3. The molecule has 1 unspecified atom stereocenters. The molecule has 7 heteroatoms. The number of para-hydroxylation sites is 1. The molecule has 0 saturated heterocycles. The van der Waals surface area contributed by atoms with Crippen molar-refractivity contribution in [2.24, 2.45) is 0 Å². The molecule has 0 spiro atoms. The maximum Gasteiger partial charge on any atom is 0.360 e. The molecule has 0 radical (unpaired) electrons. The molecular formula is C13H23O5PSi. The van der Waals surface area contributed by atoms with Gasteiger partial charge in [-0.1, -0.05) is 18.2 Å². The van der Waals surface area contributed by atoms with Crippen molar-refractivity contribution in [3.05, 3.63) is 30.3 Å². The van der Waals surface area contributed by atoms with Crippen LogP contribution < -0.4 is 4.74 Å². The van der Waals surface area contributed by atoms with E-state index in [-0.39, 0.29) is 6.61 Å². The molecule has 0 aromatic heterocycles. The predicted molar refractivity (Wildman–Crippen MR) is 81.8 cm³/mol. The van der Waals surface area contributed by atoms with Crippen LogP contribution in [0, 0.1) is 0 Å². The molecule has 0 fully saturated rings. The molecule has 1 rings (SSSR count). The van der Waals surface area contributed by atoms with E-state index in [1.807, 2.05) is 50.0 Å². The second kappa shape index (κ2) is 7.38. The van der Waals surface area contributed by atoms with Crippen LogP contribution >= 0.6 is 7.60 Å². The van der Waals surface area contributed by atoms with E-state index in [0.29, 0.717) is 5.75 Å². The predicted octanol–water partition coefficient (Wildman–Crippen LogP) is 3.73. The lowest BCUT2D eigenvalue weighted by molar-refractivity contribution is 0.136. The first-order chi connectivity index (χ1) is 9.30. The Morgan fingerprint density at radius 1 is 1.10 bits per heavy atom. The van der Waals surface area contributed by atoms with Crippen LogP contribution in [0.5, 0.6) is 5.75 Å². The van der Waals surface area contributed by atoms with Gasteiger partial charge in [0.1, 0.15) is 12.4 Å². The van der Waals surface area contributed by atoms with Gasteiger partial charge < -0.3 is 18.2 Å². The lowest BCUT2D eigenvalue weighted by Gasteiger charge is -2.30. The topological polar surface area (TPSA) is 54.0 Å². The largest absolute Gasteiger partial charge is 0.490 e. The molecule has 20 heavy (non-hydrogen) atoms. The molecule has 0 aliphatic rings. The maximum atomic E-state index is 12.5. The van der Waals surface area contributed by atoms with Gasteiger partial charge in [-0.25, -0.2) is 0 Å². The summed E-state index contributed by atoms with van der Waals surface area (Å²) in [7, 11) is -2.54. The van der Waals surface area contributed by atoms with Gasteiger partial charge in [-0.15, -0.1) is 0 Å². The number of hydrogen-bond acceptors (Lipinski definition) is 5. The van der Waals surface area contributed by atoms with Crippen molar-refractivity contribution in [3.8, 4) is 5.75 Å². The van der Waals surface area contributed by atoms with E-state index >= 15 is 0 Å². The molecule has 0 aliphatic carbocycles. The molecule has 1 atom stereocenters. The third kappa shape index (κ3) is 5.38. The zero-order chi connectivity index (χ0) is 15.2. The molecule has 0 saturated carbocycles. The minimum absolute atomic E-state index is 0.118. The normalized spacial score (nSPS) is 14.1. The SMILES string of the molecule is COP(=O)(OC)C(COc1ccccc1)O[Si](C)(C)C. The van der Waals surface area contributed by atoms with Gasteiger partial charge in [0, 0.05) is 14.2 Å². The zero-order valence-electron chi connectivity index (χ0n) is 12.7. The van der Waals surface area contributed by atoms with E-state index in [1.54, 1.807) is 0 Å². The summed E-state index contributed by atoms with van der Waals surface area (Å²) >= 11 is 0. The summed E-state index contributed by atoms with van der Waals surface area (Å²) in [6.45, 7) is 6.15. The number of ether oxygens (including phenoxy) is 1. The van der Waals surface area contributed by atoms with Gasteiger partial charge in [-0.3, -0.25) is 4.57 Å². The minimum Gasteiger partial charge on any atom is -0.490 e. The fourth-order valence-corrected chi connectivity index (χ4v) is 4.82. The van der Waals surface area contributed by atoms with Gasteiger partial charge in [0.05, 0.1) is 0 Å². The lowest BCUT2D eigenvalue weighted by Crippen LogP contribution is -2.36. The summed E-state index contributed by atoms with van der Waals surface area (Å²) in [6, 6.07) is 9.30. The van der Waals surface area contributed by atoms with Gasteiger partial charge in [0.2, 0.25) is 0 Å². The van der Waals surface area contributed by atoms with E-state index in [0.717, 1.165) is 0 Å². The van der Waals surface area contributed by atoms with Crippen molar-refractivity contribution >= 4 is 15.9 Å². The Morgan fingerprint density at radius 2 is 1.65 bits per heavy atom. The molecule has 114 valence electrons. The highest BCUT2D eigenvalue weighted by Crippen LogP contribution is 2.52. The maximum absolute atomic E-state index is 12.5. The Kier molecular flexibility index (Phi) is 6.42. The van der Waals surface area contributed by atoms with E-state index < -0.39 is 21.8 Å². The van der Waals surface area contributed by atoms with E-state index in [9.17, 15) is 4.57 Å². The Balaban J connectivity index is 2.80. The van der Waals surface area contributed by atoms with Crippen molar-refractivity contribution in [1.29, 1.82) is 0 Å². The van der Waals surface area contributed by atoms with Gasteiger partial charge in [-0.05, 0) is 31.8 Å². The summed E-state index contributed by atoms with van der Waals surface area (Å²) in [6.07, 6.45) is 0. The summed E-state index contributed by atoms with van der Waals surface area (Å²) in [5.41, 5.74) is 0. The first-order valence-corrected chi connectivity index (χ1v) is 11.4. The van der Waals surface area contributed by atoms with E-state index in [1.165, 1.54) is 14.2 Å². The van der Waals surface area contributed by atoms with Crippen LogP contribution in [0.25, 0.3) is 0 Å². The molecule has 1 aromatic rings. The van der Waals surface area contributed by atoms with Crippen molar-refractivity contribution in [2.75, 3.05) is 20.8 Å². The van der Waals surface area contributed by atoms with E-state index in [2.05, 4.69) is 0 Å². The molecule has 1 aromatic carbocycles. The molecule has 0 amide bonds. The summed E-state index contributed by atoms with van der Waals surface area (Å²) in [5.74, 6) is -0.0418. The summed E-state index contributed by atoms with van der Waals surface area (Å²) in [5, 5.41) is 0. The molecule has 0 N–H and O–H groups in total. The highest BCUT2D eigenvalue weighted by Gasteiger charge is 2.39. The van der Waals surface area contributed by atoms with Crippen LogP contribution in [0.15, 0.2) is 30.3 Å². The van der Waals surface area contributed by atoms with Crippen molar-refractivity contribution < 1.29 is 22.8 Å². The Morgan fingerprint density at radius 3 is 2.10 bits per heavy atom. The molecule has 5 nitrogen and oxygen atoms in total. The fraction of sp³-hybridized carbons (Fsp3) is 0.538. The average Bonchev–Trinajstić information content (AvgIpc) is 2.42. The van der Waals surface area contributed by atoms with Crippen molar-refractivity contribution in [1.82, 2.24) is 0 Å². The number of benzene rings is 1. The molecule has 0 aliphatic heterocycles. The smallest absolute Gasteiger partial charge is 0.360 e. The van der Waals surface area contributed by atoms with Crippen molar-refractivity contribution in [3.63, 3.8) is 0 Å². The van der Waals surface area contributed by atoms with E-state index in [4.69, 9.17) is 18.2 Å². The van der Waals surface area contributed by atoms with Crippen LogP contribution in [-0.4, -0.2) is 35.0 Å². The highest BCUT2D eigenvalue weighted by molar-refractivity contribution is 7.54. The molecule has 0 bridgehead atoms. The third-order valence-corrected chi connectivity index (χ3v) is 5.65. The Hall–Kier alpha value is -0.653.